The average molecular weight is 316 g/mol. The lowest BCUT2D eigenvalue weighted by Crippen LogP contribution is -2.46. The minimum Gasteiger partial charge on any atom is -0.350 e. The summed E-state index contributed by atoms with van der Waals surface area (Å²) in [5, 5.41) is 16.3. The lowest BCUT2D eigenvalue weighted by molar-refractivity contribution is -0.126. The van der Waals surface area contributed by atoms with Gasteiger partial charge in [0.25, 0.3) is 0 Å². The zero-order valence-corrected chi connectivity index (χ0v) is 13.4. The normalized spacial score (nSPS) is 11.1. The van der Waals surface area contributed by atoms with Crippen molar-refractivity contribution in [3.8, 4) is 5.69 Å². The van der Waals surface area contributed by atoms with Gasteiger partial charge in [0, 0.05) is 5.54 Å². The van der Waals surface area contributed by atoms with Crippen molar-refractivity contribution < 1.29 is 9.59 Å². The monoisotopic (exact) mass is 316 g/mol. The van der Waals surface area contributed by atoms with Crippen LogP contribution in [0.3, 0.4) is 0 Å². The molecular formula is C15H20N6O2. The third-order valence-corrected chi connectivity index (χ3v) is 2.88. The first-order valence-electron chi connectivity index (χ1n) is 7.23. The molecule has 2 amide bonds. The van der Waals surface area contributed by atoms with Crippen LogP contribution in [-0.4, -0.2) is 44.1 Å². The fraction of sp³-hybridized carbons (Fsp3) is 0.400. The second-order valence-electron chi connectivity index (χ2n) is 6.17. The Labute approximate surface area is 134 Å². The minimum absolute atomic E-state index is 0.0290. The van der Waals surface area contributed by atoms with Crippen molar-refractivity contribution in [3.05, 3.63) is 36.2 Å². The van der Waals surface area contributed by atoms with E-state index in [1.54, 1.807) is 0 Å². The predicted molar refractivity (Wildman–Crippen MR) is 83.8 cm³/mol. The Morgan fingerprint density at radius 3 is 2.39 bits per heavy atom. The third-order valence-electron chi connectivity index (χ3n) is 2.88. The number of benzene rings is 1. The summed E-state index contributed by atoms with van der Waals surface area (Å²) in [6, 6.07) is 7.30. The Kier molecular flexibility index (Phi) is 5.05. The molecule has 1 aromatic carbocycles. The van der Waals surface area contributed by atoms with Gasteiger partial charge < -0.3 is 10.6 Å². The van der Waals surface area contributed by atoms with Gasteiger partial charge in [-0.05, 0) is 48.9 Å². The second-order valence-corrected chi connectivity index (χ2v) is 6.17. The topological polar surface area (TPSA) is 102 Å². The molecule has 8 heteroatoms. The van der Waals surface area contributed by atoms with Gasteiger partial charge in [-0.15, -0.1) is 5.10 Å². The molecule has 0 bridgehead atoms. The zero-order chi connectivity index (χ0) is 16.9. The average Bonchev–Trinajstić information content (AvgIpc) is 2.98. The number of hydrogen-bond acceptors (Lipinski definition) is 5. The molecule has 2 aromatic rings. The fourth-order valence-corrected chi connectivity index (χ4v) is 1.94. The van der Waals surface area contributed by atoms with E-state index in [4.69, 9.17) is 0 Å². The van der Waals surface area contributed by atoms with Crippen LogP contribution < -0.4 is 10.6 Å². The molecule has 23 heavy (non-hydrogen) atoms. The number of nitrogens with zero attached hydrogens (tertiary/aromatic N) is 4. The van der Waals surface area contributed by atoms with Crippen molar-refractivity contribution in [1.82, 2.24) is 30.8 Å². The minimum atomic E-state index is -0.312. The first kappa shape index (κ1) is 16.6. The lowest BCUT2D eigenvalue weighted by atomic mass is 10.1. The van der Waals surface area contributed by atoms with E-state index in [2.05, 4.69) is 26.2 Å². The van der Waals surface area contributed by atoms with Gasteiger partial charge in [-0.3, -0.25) is 9.59 Å². The summed E-state index contributed by atoms with van der Waals surface area (Å²) < 4.78 is 1.53. The molecule has 0 spiro atoms. The third kappa shape index (κ3) is 5.50. The highest BCUT2D eigenvalue weighted by molar-refractivity contribution is 5.86. The number of nitrogens with one attached hydrogen (secondary N) is 2. The summed E-state index contributed by atoms with van der Waals surface area (Å²) in [4.78, 5) is 23.5. The van der Waals surface area contributed by atoms with E-state index in [1.807, 2.05) is 45.0 Å². The van der Waals surface area contributed by atoms with E-state index in [0.29, 0.717) is 0 Å². The maximum atomic E-state index is 11.9. The largest absolute Gasteiger partial charge is 0.350 e. The molecule has 8 nitrogen and oxygen atoms in total. The summed E-state index contributed by atoms with van der Waals surface area (Å²) in [6.07, 6.45) is 1.70. The molecule has 0 aliphatic heterocycles. The van der Waals surface area contributed by atoms with Crippen LogP contribution in [0.2, 0.25) is 0 Å². The number of hydrogen-bond donors (Lipinski definition) is 2. The van der Waals surface area contributed by atoms with Gasteiger partial charge in [0.2, 0.25) is 11.8 Å². The van der Waals surface area contributed by atoms with E-state index >= 15 is 0 Å². The van der Waals surface area contributed by atoms with Crippen molar-refractivity contribution >= 4 is 11.8 Å². The SMILES string of the molecule is CC(C)(C)NC(=O)CNC(=O)Cc1ccc(-n2cnnn2)cc1. The van der Waals surface area contributed by atoms with E-state index < -0.39 is 0 Å². The molecule has 0 aliphatic rings. The number of rotatable bonds is 5. The Balaban J connectivity index is 1.82. The van der Waals surface area contributed by atoms with Gasteiger partial charge in [-0.2, -0.15) is 0 Å². The molecule has 0 saturated carbocycles. The summed E-state index contributed by atoms with van der Waals surface area (Å²) in [7, 11) is 0. The Morgan fingerprint density at radius 1 is 1.13 bits per heavy atom. The van der Waals surface area contributed by atoms with Gasteiger partial charge in [0.15, 0.2) is 0 Å². The Bertz CT molecular complexity index is 658. The van der Waals surface area contributed by atoms with Crippen LogP contribution in [0.4, 0.5) is 0 Å². The molecular weight excluding hydrogens is 296 g/mol. The number of carbonyl (C=O) groups excluding carboxylic acids is 2. The summed E-state index contributed by atoms with van der Waals surface area (Å²) in [5.74, 6) is -0.413. The van der Waals surface area contributed by atoms with Crippen LogP contribution in [0, 0.1) is 0 Å². The first-order valence-corrected chi connectivity index (χ1v) is 7.23. The highest BCUT2D eigenvalue weighted by Crippen LogP contribution is 2.08. The fourth-order valence-electron chi connectivity index (χ4n) is 1.94. The van der Waals surface area contributed by atoms with E-state index in [0.717, 1.165) is 11.3 Å². The summed E-state index contributed by atoms with van der Waals surface area (Å²) >= 11 is 0. The molecule has 1 heterocycles. The van der Waals surface area contributed by atoms with Crippen LogP contribution in [0.1, 0.15) is 26.3 Å². The molecule has 0 unspecified atom stereocenters. The Morgan fingerprint density at radius 2 is 1.83 bits per heavy atom. The van der Waals surface area contributed by atoms with Crippen molar-refractivity contribution in [2.45, 2.75) is 32.7 Å². The highest BCUT2D eigenvalue weighted by atomic mass is 16.2. The van der Waals surface area contributed by atoms with Crippen molar-refractivity contribution in [2.24, 2.45) is 0 Å². The molecule has 0 saturated heterocycles. The number of aromatic nitrogens is 4. The van der Waals surface area contributed by atoms with Gasteiger partial charge >= 0.3 is 0 Å². The van der Waals surface area contributed by atoms with Crippen LogP contribution >= 0.6 is 0 Å². The Hall–Kier alpha value is -2.77. The molecule has 2 N–H and O–H groups in total. The molecule has 0 atom stereocenters. The maximum absolute atomic E-state index is 11.9. The van der Waals surface area contributed by atoms with Crippen LogP contribution in [0.15, 0.2) is 30.6 Å². The van der Waals surface area contributed by atoms with Crippen molar-refractivity contribution in [2.75, 3.05) is 6.54 Å². The van der Waals surface area contributed by atoms with E-state index in [1.165, 1.54) is 11.0 Å². The zero-order valence-electron chi connectivity index (χ0n) is 13.4. The van der Waals surface area contributed by atoms with Crippen LogP contribution in [-0.2, 0) is 16.0 Å². The predicted octanol–water partition coefficient (Wildman–Crippen LogP) is 0.236. The van der Waals surface area contributed by atoms with E-state index in [-0.39, 0.29) is 30.3 Å². The maximum Gasteiger partial charge on any atom is 0.239 e. The smallest absolute Gasteiger partial charge is 0.239 e. The second kappa shape index (κ2) is 6.99. The number of carbonyl (C=O) groups is 2. The van der Waals surface area contributed by atoms with Gasteiger partial charge in [0.05, 0.1) is 18.7 Å². The summed E-state index contributed by atoms with van der Waals surface area (Å²) in [6.45, 7) is 5.63. The number of amides is 2. The van der Waals surface area contributed by atoms with Crippen molar-refractivity contribution in [1.29, 1.82) is 0 Å². The highest BCUT2D eigenvalue weighted by Gasteiger charge is 2.14. The molecule has 0 fully saturated rings. The van der Waals surface area contributed by atoms with Gasteiger partial charge in [-0.25, -0.2) is 4.68 Å². The van der Waals surface area contributed by atoms with Crippen LogP contribution in [0.25, 0.3) is 5.69 Å². The standard InChI is InChI=1S/C15H20N6O2/c1-15(2,3)18-14(23)9-16-13(22)8-11-4-6-12(7-5-11)21-10-17-19-20-21/h4-7,10H,8-9H2,1-3H3,(H,16,22)(H,18,23). The summed E-state index contributed by atoms with van der Waals surface area (Å²) in [5.41, 5.74) is 1.34. The lowest BCUT2D eigenvalue weighted by Gasteiger charge is -2.20. The van der Waals surface area contributed by atoms with Crippen molar-refractivity contribution in [3.63, 3.8) is 0 Å². The first-order chi connectivity index (χ1) is 10.8. The van der Waals surface area contributed by atoms with Gasteiger partial charge in [0.1, 0.15) is 6.33 Å². The van der Waals surface area contributed by atoms with Crippen LogP contribution in [0.5, 0.6) is 0 Å². The quantitative estimate of drug-likeness (QED) is 0.822. The van der Waals surface area contributed by atoms with Gasteiger partial charge in [-0.1, -0.05) is 12.1 Å². The molecule has 122 valence electrons. The molecule has 1 aromatic heterocycles. The molecule has 0 aliphatic carbocycles. The number of tetrazole rings is 1. The molecule has 0 radical (unpaired) electrons. The molecule has 2 rings (SSSR count). The van der Waals surface area contributed by atoms with E-state index in [9.17, 15) is 9.59 Å².